The Labute approximate surface area is 166 Å². The smallest absolute Gasteiger partial charge is 0.120 e. The normalized spacial score (nSPS) is 17.0. The van der Waals surface area contributed by atoms with Crippen LogP contribution in [0.5, 0.6) is 5.75 Å². The lowest BCUT2D eigenvalue weighted by Crippen LogP contribution is -2.35. The molecule has 0 aromatic heterocycles. The van der Waals surface area contributed by atoms with Gasteiger partial charge in [0.2, 0.25) is 0 Å². The molecule has 2 aromatic rings. The maximum Gasteiger partial charge on any atom is 0.120 e. The van der Waals surface area contributed by atoms with Crippen LogP contribution in [0.4, 0.5) is 5.69 Å². The molecule has 1 fully saturated rings. The lowest BCUT2D eigenvalue weighted by molar-refractivity contribution is 0.123. The average Bonchev–Trinajstić information content (AvgIpc) is 2.69. The average molecular weight is 389 g/mol. The zero-order valence-corrected chi connectivity index (χ0v) is 16.7. The predicted octanol–water partition coefficient (Wildman–Crippen LogP) is 4.31. The number of methoxy groups -OCH3 is 1. The molecule has 3 rings (SSSR count). The van der Waals surface area contributed by atoms with Gasteiger partial charge in [0.1, 0.15) is 5.75 Å². The fourth-order valence-electron chi connectivity index (χ4n) is 3.82. The Morgan fingerprint density at radius 1 is 1.22 bits per heavy atom. The van der Waals surface area contributed by atoms with Crippen molar-refractivity contribution in [2.45, 2.75) is 31.8 Å². The fourth-order valence-corrected chi connectivity index (χ4v) is 4.08. The van der Waals surface area contributed by atoms with Crippen LogP contribution in [0.15, 0.2) is 42.5 Å². The van der Waals surface area contributed by atoms with E-state index < -0.39 is 6.10 Å². The van der Waals surface area contributed by atoms with E-state index in [4.69, 9.17) is 22.1 Å². The highest BCUT2D eigenvalue weighted by atomic mass is 35.5. The van der Waals surface area contributed by atoms with E-state index in [2.05, 4.69) is 11.0 Å². The first-order valence-corrected chi connectivity index (χ1v) is 10.0. The van der Waals surface area contributed by atoms with Crippen molar-refractivity contribution < 1.29 is 9.84 Å². The monoisotopic (exact) mass is 388 g/mol. The summed E-state index contributed by atoms with van der Waals surface area (Å²) in [6.45, 7) is 3.02. The third-order valence-electron chi connectivity index (χ3n) is 5.55. The van der Waals surface area contributed by atoms with Gasteiger partial charge < -0.3 is 20.5 Å². The van der Waals surface area contributed by atoms with Crippen LogP contribution in [0.1, 0.15) is 36.5 Å². The second-order valence-corrected chi connectivity index (χ2v) is 7.79. The largest absolute Gasteiger partial charge is 0.497 e. The van der Waals surface area contributed by atoms with Gasteiger partial charge in [-0.1, -0.05) is 35.9 Å². The number of nitrogens with zero attached hydrogens (tertiary/aromatic N) is 1. The second-order valence-electron chi connectivity index (χ2n) is 7.38. The molecular weight excluding hydrogens is 360 g/mol. The topological polar surface area (TPSA) is 58.7 Å². The van der Waals surface area contributed by atoms with Crippen molar-refractivity contribution >= 4 is 17.3 Å². The van der Waals surface area contributed by atoms with Gasteiger partial charge in [0.15, 0.2) is 0 Å². The predicted molar refractivity (Wildman–Crippen MR) is 111 cm³/mol. The summed E-state index contributed by atoms with van der Waals surface area (Å²) in [5.41, 5.74) is 9.01. The molecule has 1 saturated heterocycles. The van der Waals surface area contributed by atoms with E-state index in [0.29, 0.717) is 17.4 Å². The van der Waals surface area contributed by atoms with Crippen LogP contribution in [-0.2, 0) is 6.42 Å². The van der Waals surface area contributed by atoms with Crippen LogP contribution in [0.25, 0.3) is 0 Å². The lowest BCUT2D eigenvalue weighted by Gasteiger charge is -2.32. The Morgan fingerprint density at radius 2 is 1.96 bits per heavy atom. The quantitative estimate of drug-likeness (QED) is 0.694. The van der Waals surface area contributed by atoms with Crippen LogP contribution in [-0.4, -0.2) is 36.8 Å². The molecule has 0 spiro atoms. The number of hydrogen-bond acceptors (Lipinski definition) is 4. The van der Waals surface area contributed by atoms with Gasteiger partial charge in [-0.2, -0.15) is 0 Å². The number of hydrogen-bond donors (Lipinski definition) is 2. The summed E-state index contributed by atoms with van der Waals surface area (Å²) >= 11 is 6.18. The number of nitrogens with two attached hydrogens (primary N) is 1. The van der Waals surface area contributed by atoms with Crippen LogP contribution < -0.4 is 10.5 Å². The van der Waals surface area contributed by atoms with E-state index >= 15 is 0 Å². The molecular formula is C22H29ClN2O2. The van der Waals surface area contributed by atoms with E-state index in [9.17, 15) is 5.11 Å². The third-order valence-corrected chi connectivity index (χ3v) is 5.90. The molecule has 1 aliphatic heterocycles. The van der Waals surface area contributed by atoms with E-state index in [-0.39, 0.29) is 0 Å². The molecule has 2 aromatic carbocycles. The van der Waals surface area contributed by atoms with E-state index in [1.165, 1.54) is 5.56 Å². The van der Waals surface area contributed by atoms with Crippen molar-refractivity contribution in [2.24, 2.45) is 5.92 Å². The molecule has 1 heterocycles. The minimum Gasteiger partial charge on any atom is -0.497 e. The molecule has 0 amide bonds. The Bertz CT molecular complexity index is 745. The number of aliphatic hydroxyl groups excluding tert-OH is 1. The highest BCUT2D eigenvalue weighted by Gasteiger charge is 2.21. The molecule has 1 aliphatic rings. The molecule has 0 bridgehead atoms. The molecule has 5 heteroatoms. The van der Waals surface area contributed by atoms with Crippen molar-refractivity contribution in [2.75, 3.05) is 32.5 Å². The molecule has 4 nitrogen and oxygen atoms in total. The van der Waals surface area contributed by atoms with Crippen LogP contribution in [0.3, 0.4) is 0 Å². The maximum absolute atomic E-state index is 10.4. The number of benzene rings is 2. The molecule has 27 heavy (non-hydrogen) atoms. The van der Waals surface area contributed by atoms with Gasteiger partial charge in [-0.25, -0.2) is 0 Å². The Hall–Kier alpha value is -1.75. The van der Waals surface area contributed by atoms with Crippen LogP contribution >= 0.6 is 11.6 Å². The standard InChI is InChI=1S/C22H29ClN2O2/c1-27-18-7-6-17(21(24)15-18)14-16-8-11-25(12-9-16)13-10-22(26)19-4-2-3-5-20(19)23/h2-7,15-16,22,26H,8-14,24H2,1H3. The summed E-state index contributed by atoms with van der Waals surface area (Å²) in [6, 6.07) is 13.5. The Balaban J connectivity index is 1.44. The lowest BCUT2D eigenvalue weighted by atomic mass is 9.89. The molecule has 3 N–H and O–H groups in total. The van der Waals surface area contributed by atoms with Crippen molar-refractivity contribution in [3.8, 4) is 5.75 Å². The number of ether oxygens (including phenoxy) is 1. The van der Waals surface area contributed by atoms with Gasteiger partial charge in [-0.05, 0) is 68.0 Å². The first kappa shape index (κ1) is 20.0. The summed E-state index contributed by atoms with van der Waals surface area (Å²) < 4.78 is 5.22. The highest BCUT2D eigenvalue weighted by Crippen LogP contribution is 2.28. The summed E-state index contributed by atoms with van der Waals surface area (Å²) in [5, 5.41) is 11.1. The van der Waals surface area contributed by atoms with Crippen molar-refractivity contribution in [1.29, 1.82) is 0 Å². The van der Waals surface area contributed by atoms with Gasteiger partial charge in [-0.15, -0.1) is 0 Å². The molecule has 1 unspecified atom stereocenters. The van der Waals surface area contributed by atoms with E-state index in [0.717, 1.165) is 55.9 Å². The summed E-state index contributed by atoms with van der Waals surface area (Å²) in [7, 11) is 1.66. The summed E-state index contributed by atoms with van der Waals surface area (Å²) in [6.07, 6.45) is 3.54. The third kappa shape index (κ3) is 5.38. The van der Waals surface area contributed by atoms with Gasteiger partial charge >= 0.3 is 0 Å². The fraction of sp³-hybridized carbons (Fsp3) is 0.455. The number of aliphatic hydroxyl groups is 1. The van der Waals surface area contributed by atoms with Crippen LogP contribution in [0, 0.1) is 5.92 Å². The maximum atomic E-state index is 10.4. The van der Waals surface area contributed by atoms with Crippen molar-refractivity contribution in [3.63, 3.8) is 0 Å². The molecule has 146 valence electrons. The first-order valence-electron chi connectivity index (χ1n) is 9.64. The number of rotatable bonds is 7. The number of likely N-dealkylation sites (tertiary alicyclic amines) is 1. The Kier molecular flexibility index (Phi) is 7.00. The number of anilines is 1. The van der Waals surface area contributed by atoms with Gasteiger partial charge in [0.25, 0.3) is 0 Å². The second kappa shape index (κ2) is 9.45. The number of halogens is 1. The number of piperidine rings is 1. The Morgan fingerprint density at radius 3 is 2.63 bits per heavy atom. The van der Waals surface area contributed by atoms with Crippen molar-refractivity contribution in [1.82, 2.24) is 4.90 Å². The van der Waals surface area contributed by atoms with E-state index in [1.807, 2.05) is 36.4 Å². The van der Waals surface area contributed by atoms with Gasteiger partial charge in [-0.3, -0.25) is 0 Å². The minimum absolute atomic E-state index is 0.504. The zero-order valence-electron chi connectivity index (χ0n) is 15.9. The van der Waals surface area contributed by atoms with Crippen molar-refractivity contribution in [3.05, 3.63) is 58.6 Å². The minimum atomic E-state index is -0.504. The highest BCUT2D eigenvalue weighted by molar-refractivity contribution is 6.31. The zero-order chi connectivity index (χ0) is 19.2. The number of nitrogen functional groups attached to an aromatic ring is 1. The molecule has 0 saturated carbocycles. The molecule has 1 atom stereocenters. The SMILES string of the molecule is COc1ccc(CC2CCN(CCC(O)c3ccccc3Cl)CC2)c(N)c1. The van der Waals surface area contributed by atoms with E-state index in [1.54, 1.807) is 7.11 Å². The van der Waals surface area contributed by atoms with Gasteiger partial charge in [0.05, 0.1) is 13.2 Å². The molecule has 0 radical (unpaired) electrons. The van der Waals surface area contributed by atoms with Gasteiger partial charge in [0, 0.05) is 23.3 Å². The first-order chi connectivity index (χ1) is 13.1. The van der Waals surface area contributed by atoms with Crippen LogP contribution in [0.2, 0.25) is 5.02 Å². The summed E-state index contributed by atoms with van der Waals surface area (Å²) in [5.74, 6) is 1.47. The summed E-state index contributed by atoms with van der Waals surface area (Å²) in [4.78, 5) is 2.44. The molecule has 0 aliphatic carbocycles.